The van der Waals surface area contributed by atoms with Crippen LogP contribution in [0.5, 0.6) is 5.75 Å². The van der Waals surface area contributed by atoms with Crippen LogP contribution in [0.2, 0.25) is 0 Å². The van der Waals surface area contributed by atoms with Crippen LogP contribution in [-0.4, -0.2) is 34.4 Å². The zero-order valence-electron chi connectivity index (χ0n) is 16.7. The molecule has 0 bridgehead atoms. The first kappa shape index (κ1) is 19.9. The maximum Gasteiger partial charge on any atom is 0.191 e. The summed E-state index contributed by atoms with van der Waals surface area (Å²) in [6, 6.07) is 9.78. The molecular formula is C20H26N6OS. The molecule has 2 heterocycles. The molecule has 7 nitrogen and oxygen atoms in total. The van der Waals surface area contributed by atoms with E-state index in [1.807, 2.05) is 55.1 Å². The van der Waals surface area contributed by atoms with Gasteiger partial charge >= 0.3 is 0 Å². The predicted octanol–water partition coefficient (Wildman–Crippen LogP) is 3.21. The number of ether oxygens (including phenoxy) is 1. The van der Waals surface area contributed by atoms with Crippen LogP contribution in [0.25, 0.3) is 5.69 Å². The molecule has 0 amide bonds. The number of aromatic nitrogens is 3. The highest BCUT2D eigenvalue weighted by Gasteiger charge is 2.07. The highest BCUT2D eigenvalue weighted by atomic mass is 32.1. The van der Waals surface area contributed by atoms with Gasteiger partial charge in [0.15, 0.2) is 5.96 Å². The van der Waals surface area contributed by atoms with E-state index in [0.29, 0.717) is 13.1 Å². The van der Waals surface area contributed by atoms with Crippen molar-refractivity contribution >= 4 is 17.3 Å². The summed E-state index contributed by atoms with van der Waals surface area (Å²) in [7, 11) is 1.66. The lowest BCUT2D eigenvalue weighted by Crippen LogP contribution is -2.36. The number of thiazole rings is 1. The van der Waals surface area contributed by atoms with Gasteiger partial charge in [0.05, 0.1) is 42.3 Å². The van der Waals surface area contributed by atoms with Crippen molar-refractivity contribution in [3.63, 3.8) is 0 Å². The Morgan fingerprint density at radius 1 is 1.18 bits per heavy atom. The van der Waals surface area contributed by atoms with Gasteiger partial charge < -0.3 is 15.4 Å². The van der Waals surface area contributed by atoms with Gasteiger partial charge in [-0.3, -0.25) is 0 Å². The van der Waals surface area contributed by atoms with Crippen molar-refractivity contribution in [1.82, 2.24) is 25.4 Å². The van der Waals surface area contributed by atoms with E-state index in [2.05, 4.69) is 32.6 Å². The molecule has 0 aliphatic heterocycles. The summed E-state index contributed by atoms with van der Waals surface area (Å²) < 4.78 is 7.04. The minimum atomic E-state index is 0.499. The van der Waals surface area contributed by atoms with Gasteiger partial charge in [0, 0.05) is 17.6 Å². The van der Waals surface area contributed by atoms with Crippen LogP contribution in [0, 0.1) is 13.8 Å². The van der Waals surface area contributed by atoms with Gasteiger partial charge in [0.25, 0.3) is 0 Å². The summed E-state index contributed by atoms with van der Waals surface area (Å²) in [5.41, 5.74) is 2.96. The molecule has 3 aromatic rings. The molecule has 0 aliphatic rings. The van der Waals surface area contributed by atoms with E-state index in [9.17, 15) is 0 Å². The van der Waals surface area contributed by atoms with E-state index in [-0.39, 0.29) is 0 Å². The van der Waals surface area contributed by atoms with Gasteiger partial charge in [-0.05, 0) is 51.1 Å². The molecule has 0 fully saturated rings. The molecule has 0 saturated heterocycles. The van der Waals surface area contributed by atoms with Crippen LogP contribution in [-0.2, 0) is 13.1 Å². The second kappa shape index (κ2) is 9.36. The molecule has 2 N–H and O–H groups in total. The first-order valence-electron chi connectivity index (χ1n) is 9.23. The van der Waals surface area contributed by atoms with Crippen molar-refractivity contribution in [2.45, 2.75) is 33.9 Å². The van der Waals surface area contributed by atoms with E-state index in [4.69, 9.17) is 4.74 Å². The second-order valence-electron chi connectivity index (χ2n) is 6.24. The molecule has 0 aliphatic carbocycles. The Kier molecular flexibility index (Phi) is 6.65. The minimum Gasteiger partial charge on any atom is -0.497 e. The fourth-order valence-electron chi connectivity index (χ4n) is 2.73. The van der Waals surface area contributed by atoms with Gasteiger partial charge in [-0.25, -0.2) is 14.7 Å². The molecular weight excluding hydrogens is 372 g/mol. The average Bonchev–Trinajstić information content (AvgIpc) is 3.30. The summed E-state index contributed by atoms with van der Waals surface area (Å²) in [4.78, 5) is 10.3. The Morgan fingerprint density at radius 2 is 1.96 bits per heavy atom. The zero-order valence-corrected chi connectivity index (χ0v) is 17.5. The molecule has 148 valence electrons. The minimum absolute atomic E-state index is 0.499. The van der Waals surface area contributed by atoms with E-state index in [1.165, 1.54) is 4.88 Å². The largest absolute Gasteiger partial charge is 0.497 e. The number of aryl methyl sites for hydroxylation is 2. The van der Waals surface area contributed by atoms with Crippen LogP contribution in [0.1, 0.15) is 28.2 Å². The number of guanidine groups is 1. The lowest BCUT2D eigenvalue weighted by molar-refractivity contribution is 0.414. The van der Waals surface area contributed by atoms with Gasteiger partial charge in [0.1, 0.15) is 5.75 Å². The molecule has 2 aromatic heterocycles. The van der Waals surface area contributed by atoms with Crippen molar-refractivity contribution in [1.29, 1.82) is 0 Å². The van der Waals surface area contributed by atoms with Gasteiger partial charge in [-0.15, -0.1) is 11.3 Å². The van der Waals surface area contributed by atoms with E-state index < -0.39 is 0 Å². The molecule has 28 heavy (non-hydrogen) atoms. The van der Waals surface area contributed by atoms with Gasteiger partial charge in [0.2, 0.25) is 0 Å². The lowest BCUT2D eigenvalue weighted by Gasteiger charge is -2.10. The van der Waals surface area contributed by atoms with Gasteiger partial charge in [-0.1, -0.05) is 0 Å². The molecule has 0 spiro atoms. The van der Waals surface area contributed by atoms with Crippen LogP contribution < -0.4 is 15.4 Å². The molecule has 0 radical (unpaired) electrons. The Balaban J connectivity index is 1.64. The van der Waals surface area contributed by atoms with Crippen LogP contribution in [0.3, 0.4) is 0 Å². The number of methoxy groups -OCH3 is 1. The maximum absolute atomic E-state index is 5.20. The highest BCUT2D eigenvalue weighted by molar-refractivity contribution is 7.11. The molecule has 1 aromatic carbocycles. The van der Waals surface area contributed by atoms with Crippen molar-refractivity contribution in [2.75, 3.05) is 13.7 Å². The summed E-state index contributed by atoms with van der Waals surface area (Å²) in [5.74, 6) is 1.60. The van der Waals surface area contributed by atoms with Crippen molar-refractivity contribution in [3.8, 4) is 11.4 Å². The summed E-state index contributed by atoms with van der Waals surface area (Å²) >= 11 is 1.71. The number of nitrogens with zero attached hydrogens (tertiary/aromatic N) is 4. The third kappa shape index (κ3) is 5.10. The molecule has 3 rings (SSSR count). The standard InChI is InChI=1S/C20H26N6OS/c1-5-21-20(23-13-19-14(2)24-15(3)28-19)22-12-16-10-11-26(25-16)17-6-8-18(27-4)9-7-17/h6-11H,5,12-13H2,1-4H3,(H2,21,22,23). The third-order valence-corrected chi connectivity index (χ3v) is 5.21. The quantitative estimate of drug-likeness (QED) is 0.472. The Bertz CT molecular complexity index is 929. The van der Waals surface area contributed by atoms with Crippen LogP contribution in [0.4, 0.5) is 0 Å². The SMILES string of the molecule is CCNC(=NCc1ccn(-c2ccc(OC)cc2)n1)NCc1sc(C)nc1C. The number of aliphatic imine (C=N–C) groups is 1. The van der Waals surface area contributed by atoms with Crippen LogP contribution in [0.15, 0.2) is 41.5 Å². The number of benzene rings is 1. The number of nitrogens with one attached hydrogen (secondary N) is 2. The maximum atomic E-state index is 5.20. The normalized spacial score (nSPS) is 11.5. The first-order chi connectivity index (χ1) is 13.6. The predicted molar refractivity (Wildman–Crippen MR) is 113 cm³/mol. The Labute approximate surface area is 169 Å². The molecule has 0 atom stereocenters. The average molecular weight is 399 g/mol. The fourth-order valence-corrected chi connectivity index (χ4v) is 3.60. The lowest BCUT2D eigenvalue weighted by atomic mass is 10.3. The van der Waals surface area contributed by atoms with Crippen molar-refractivity contribution in [3.05, 3.63) is 57.8 Å². The third-order valence-electron chi connectivity index (χ3n) is 4.14. The van der Waals surface area contributed by atoms with E-state index in [1.54, 1.807) is 18.4 Å². The topological polar surface area (TPSA) is 76.4 Å². The van der Waals surface area contributed by atoms with E-state index >= 15 is 0 Å². The monoisotopic (exact) mass is 398 g/mol. The Morgan fingerprint density at radius 3 is 2.61 bits per heavy atom. The second-order valence-corrected chi connectivity index (χ2v) is 7.53. The summed E-state index contributed by atoms with van der Waals surface area (Å²) in [6.07, 6.45) is 1.94. The van der Waals surface area contributed by atoms with Crippen LogP contribution >= 0.6 is 11.3 Å². The summed E-state index contributed by atoms with van der Waals surface area (Å²) in [5, 5.41) is 12.3. The first-order valence-corrected chi connectivity index (χ1v) is 10.0. The molecule has 8 heteroatoms. The fraction of sp³-hybridized carbons (Fsp3) is 0.350. The van der Waals surface area contributed by atoms with Crippen molar-refractivity contribution < 1.29 is 4.74 Å². The number of hydrogen-bond acceptors (Lipinski definition) is 5. The number of rotatable bonds is 7. The smallest absolute Gasteiger partial charge is 0.191 e. The highest BCUT2D eigenvalue weighted by Crippen LogP contribution is 2.17. The summed E-state index contributed by atoms with van der Waals surface area (Å²) in [6.45, 7) is 8.13. The number of hydrogen-bond donors (Lipinski definition) is 2. The molecule has 0 saturated carbocycles. The van der Waals surface area contributed by atoms with Crippen molar-refractivity contribution in [2.24, 2.45) is 4.99 Å². The zero-order chi connectivity index (χ0) is 19.9. The molecule has 0 unspecified atom stereocenters. The Hall–Kier alpha value is -2.87. The van der Waals surface area contributed by atoms with E-state index in [0.717, 1.165) is 40.3 Å². The van der Waals surface area contributed by atoms with Gasteiger partial charge in [-0.2, -0.15) is 5.10 Å².